The fourth-order valence-corrected chi connectivity index (χ4v) is 6.22. The van der Waals surface area contributed by atoms with Gasteiger partial charge in [0.2, 0.25) is 11.9 Å². The van der Waals surface area contributed by atoms with E-state index < -0.39 is 21.5 Å². The highest BCUT2D eigenvalue weighted by molar-refractivity contribution is 9.10. The molecule has 0 unspecified atom stereocenters. The molecule has 0 saturated heterocycles. The van der Waals surface area contributed by atoms with Crippen LogP contribution in [-0.2, 0) is 14.6 Å². The van der Waals surface area contributed by atoms with Gasteiger partial charge >= 0.3 is 6.03 Å². The lowest BCUT2D eigenvalue weighted by Crippen LogP contribution is -2.48. The van der Waals surface area contributed by atoms with Crippen LogP contribution < -0.4 is 20.0 Å². The number of para-hydroxylation sites is 1. The lowest BCUT2D eigenvalue weighted by molar-refractivity contribution is -0.116. The van der Waals surface area contributed by atoms with Gasteiger partial charge in [-0.15, -0.1) is 0 Å². The maximum absolute atomic E-state index is 13.3. The van der Waals surface area contributed by atoms with Crippen molar-refractivity contribution < 1.29 is 18.0 Å². The Hall–Kier alpha value is -3.51. The molecule has 3 heterocycles. The lowest BCUT2D eigenvalue weighted by Gasteiger charge is -2.39. The van der Waals surface area contributed by atoms with E-state index in [1.165, 1.54) is 15.9 Å². The van der Waals surface area contributed by atoms with Crippen molar-refractivity contribution in [2.45, 2.75) is 17.9 Å². The van der Waals surface area contributed by atoms with Crippen molar-refractivity contribution in [3.63, 3.8) is 0 Å². The molecule has 35 heavy (non-hydrogen) atoms. The number of aromatic nitrogens is 2. The van der Waals surface area contributed by atoms with Crippen LogP contribution in [0.2, 0.25) is 0 Å². The van der Waals surface area contributed by atoms with Crippen LogP contribution >= 0.6 is 15.9 Å². The summed E-state index contributed by atoms with van der Waals surface area (Å²) in [5, 5.41) is 3.02. The molecule has 3 amide bonds. The normalized spacial score (nSPS) is 18.9. The molecule has 5 rings (SSSR count). The molecule has 12 heteroatoms. The first-order valence-corrected chi connectivity index (χ1v) is 13.1. The maximum atomic E-state index is 13.3. The van der Waals surface area contributed by atoms with E-state index in [0.717, 1.165) is 15.7 Å². The van der Waals surface area contributed by atoms with Crippen molar-refractivity contribution in [2.24, 2.45) is 0 Å². The summed E-state index contributed by atoms with van der Waals surface area (Å²) in [6.45, 7) is 1.91. The lowest BCUT2D eigenvalue weighted by atomic mass is 10.1. The monoisotopic (exact) mass is 556 g/mol. The van der Waals surface area contributed by atoms with Crippen LogP contribution in [0.15, 0.2) is 58.0 Å². The zero-order valence-corrected chi connectivity index (χ0v) is 21.5. The molecule has 0 aliphatic carbocycles. The summed E-state index contributed by atoms with van der Waals surface area (Å²) < 4.78 is 25.9. The van der Waals surface area contributed by atoms with Crippen molar-refractivity contribution in [3.8, 4) is 0 Å². The molecule has 180 valence electrons. The minimum absolute atomic E-state index is 0.0626. The van der Waals surface area contributed by atoms with Crippen LogP contribution in [0, 0.1) is 0 Å². The number of nitrogens with one attached hydrogen (secondary N) is 1. The summed E-state index contributed by atoms with van der Waals surface area (Å²) in [5.41, 5.74) is 2.28. The quantitative estimate of drug-likeness (QED) is 0.520. The molecule has 0 fully saturated rings. The Labute approximate surface area is 210 Å². The molecule has 1 N–H and O–H groups in total. The number of fused-ring (bicyclic) bond motifs is 2. The van der Waals surface area contributed by atoms with Crippen LogP contribution in [0.1, 0.15) is 18.5 Å². The molecule has 0 bridgehead atoms. The van der Waals surface area contributed by atoms with E-state index in [1.54, 1.807) is 37.3 Å². The van der Waals surface area contributed by atoms with Gasteiger partial charge < -0.3 is 10.2 Å². The van der Waals surface area contributed by atoms with Gasteiger partial charge in [0.1, 0.15) is 11.6 Å². The summed E-state index contributed by atoms with van der Waals surface area (Å²) in [6.07, 6.45) is 1.66. The summed E-state index contributed by atoms with van der Waals surface area (Å²) in [6, 6.07) is 11.6. The van der Waals surface area contributed by atoms with Gasteiger partial charge in [-0.3, -0.25) is 14.6 Å². The highest BCUT2D eigenvalue weighted by Gasteiger charge is 2.37. The average Bonchev–Trinajstić information content (AvgIpc) is 2.82. The molecule has 0 spiro atoms. The smallest absolute Gasteiger partial charge is 0.324 e. The van der Waals surface area contributed by atoms with Crippen LogP contribution in [0.5, 0.6) is 0 Å². The minimum atomic E-state index is -3.75. The largest absolute Gasteiger partial charge is 0.330 e. The number of sulfone groups is 1. The van der Waals surface area contributed by atoms with Crippen molar-refractivity contribution in [1.29, 1.82) is 0 Å². The molecular weight excluding hydrogens is 536 g/mol. The second kappa shape index (κ2) is 8.31. The van der Waals surface area contributed by atoms with Crippen LogP contribution in [0.25, 0.3) is 0 Å². The summed E-state index contributed by atoms with van der Waals surface area (Å²) in [5.74, 6) is -0.384. The first kappa shape index (κ1) is 23.2. The van der Waals surface area contributed by atoms with Crippen molar-refractivity contribution in [2.75, 3.05) is 39.9 Å². The van der Waals surface area contributed by atoms with Gasteiger partial charge in [-0.05, 0) is 53.2 Å². The molecule has 2 aliphatic rings. The van der Waals surface area contributed by atoms with Crippen LogP contribution in [0.4, 0.5) is 33.6 Å². The molecule has 2 aliphatic heterocycles. The predicted molar refractivity (Wildman–Crippen MR) is 136 cm³/mol. The Morgan fingerprint density at radius 1 is 1.06 bits per heavy atom. The molecule has 10 nitrogen and oxygen atoms in total. The van der Waals surface area contributed by atoms with E-state index in [1.807, 2.05) is 31.2 Å². The predicted octanol–water partition coefficient (Wildman–Crippen LogP) is 3.87. The Morgan fingerprint density at radius 2 is 1.80 bits per heavy atom. The third-order valence-electron chi connectivity index (χ3n) is 6.16. The van der Waals surface area contributed by atoms with Gasteiger partial charge in [-0.1, -0.05) is 12.1 Å². The van der Waals surface area contributed by atoms with E-state index in [0.29, 0.717) is 17.2 Å². The number of halogens is 1. The summed E-state index contributed by atoms with van der Waals surface area (Å²) >= 11 is 3.52. The molecule has 2 aromatic carbocycles. The van der Waals surface area contributed by atoms with Gasteiger partial charge in [-0.25, -0.2) is 18.2 Å². The van der Waals surface area contributed by atoms with Crippen molar-refractivity contribution >= 4 is 66.5 Å². The fraction of sp³-hybridized carbons (Fsp3) is 0.217. The number of urea groups is 1. The number of anilines is 5. The van der Waals surface area contributed by atoms with Crippen molar-refractivity contribution in [3.05, 3.63) is 58.7 Å². The van der Waals surface area contributed by atoms with Crippen LogP contribution in [-0.4, -0.2) is 50.2 Å². The number of amides is 3. The fourth-order valence-electron chi connectivity index (χ4n) is 4.24. The minimum Gasteiger partial charge on any atom is -0.324 e. The topological polar surface area (TPSA) is 116 Å². The number of carbonyl (C=O) groups excluding carboxylic acids is 2. The number of hydrogen-bond donors (Lipinski definition) is 1. The molecule has 0 radical (unpaired) electrons. The zero-order valence-electron chi connectivity index (χ0n) is 19.1. The first-order chi connectivity index (χ1) is 16.6. The third kappa shape index (κ3) is 3.82. The van der Waals surface area contributed by atoms with Gasteiger partial charge in [-0.2, -0.15) is 4.98 Å². The Kier molecular flexibility index (Phi) is 5.52. The zero-order chi connectivity index (χ0) is 25.1. The molecule has 1 aromatic heterocycles. The highest BCUT2D eigenvalue weighted by Crippen LogP contribution is 2.40. The van der Waals surface area contributed by atoms with Gasteiger partial charge in [0.05, 0.1) is 22.3 Å². The maximum Gasteiger partial charge on any atom is 0.330 e. The summed E-state index contributed by atoms with van der Waals surface area (Å²) in [4.78, 5) is 38.7. The molecule has 1 atom stereocenters. The van der Waals surface area contributed by atoms with E-state index >= 15 is 0 Å². The van der Waals surface area contributed by atoms with E-state index in [-0.39, 0.29) is 22.9 Å². The Balaban J connectivity index is 1.48. The second-order valence-corrected chi connectivity index (χ2v) is 11.1. The SMILES string of the molecule is C[C@@H]1c2cnc(Nc3ccc4c(c3)S(=O)(=O)CC(=O)N4C)nc2N(C)C(=O)N1c1ccccc1Br. The van der Waals surface area contributed by atoms with E-state index in [4.69, 9.17) is 0 Å². The highest BCUT2D eigenvalue weighted by atomic mass is 79.9. The molecule has 0 saturated carbocycles. The first-order valence-electron chi connectivity index (χ1n) is 10.7. The Morgan fingerprint density at radius 3 is 2.54 bits per heavy atom. The number of benzene rings is 2. The molecular formula is C23H21BrN6O4S. The molecule has 3 aromatic rings. The van der Waals surface area contributed by atoms with Gasteiger partial charge in [0.15, 0.2) is 9.84 Å². The van der Waals surface area contributed by atoms with E-state index in [2.05, 4.69) is 31.2 Å². The van der Waals surface area contributed by atoms with Crippen molar-refractivity contribution in [1.82, 2.24) is 9.97 Å². The van der Waals surface area contributed by atoms with Gasteiger partial charge in [0.25, 0.3) is 0 Å². The van der Waals surface area contributed by atoms with E-state index in [9.17, 15) is 18.0 Å². The standard InChI is InChI=1S/C23H21BrN6O4S/c1-13-15-11-25-22(26-14-8-9-18-19(10-14)35(33,34)12-20(31)28(18)2)27-21(15)29(3)23(32)30(13)17-7-5-4-6-16(17)24/h4-11,13H,12H2,1-3H3,(H,25,26,27)/t13-/m1/s1. The average molecular weight is 557 g/mol. The number of rotatable bonds is 3. The number of hydrogen-bond acceptors (Lipinski definition) is 7. The summed E-state index contributed by atoms with van der Waals surface area (Å²) in [7, 11) is -0.560. The second-order valence-electron chi connectivity index (χ2n) is 8.33. The number of carbonyl (C=O) groups is 2. The van der Waals surface area contributed by atoms with Crippen LogP contribution in [0.3, 0.4) is 0 Å². The number of nitrogens with zero attached hydrogens (tertiary/aromatic N) is 5. The van der Waals surface area contributed by atoms with Gasteiger partial charge in [0, 0.05) is 36.0 Å². The Bertz CT molecular complexity index is 1500. The third-order valence-corrected chi connectivity index (χ3v) is 8.45.